The van der Waals surface area contributed by atoms with Crippen LogP contribution in [-0.2, 0) is 0 Å². The van der Waals surface area contributed by atoms with E-state index in [0.717, 1.165) is 0 Å². The largest absolute Gasteiger partial charge is 0.478 e. The minimum absolute atomic E-state index is 0.104. The molecule has 0 fully saturated rings. The molecule has 1 amide bonds. The normalized spacial score (nSPS) is 10.3. The maximum Gasteiger partial charge on any atom is 0.337 e. The van der Waals surface area contributed by atoms with Crippen LogP contribution in [-0.4, -0.2) is 22.0 Å². The fourth-order valence-corrected chi connectivity index (χ4v) is 2.76. The van der Waals surface area contributed by atoms with Crippen molar-refractivity contribution in [2.45, 2.75) is 0 Å². The van der Waals surface area contributed by atoms with Gasteiger partial charge in [-0.2, -0.15) is 0 Å². The Kier molecular flexibility index (Phi) is 5.59. The first-order valence-electron chi connectivity index (χ1n) is 7.66. The quantitative estimate of drug-likeness (QED) is 0.617. The molecule has 0 unspecified atom stereocenters. The SMILES string of the molecule is O=C(Nc1ccc(Oc2ccccn2)cc1C(=O)O)c1ccc(Cl)cc1Cl. The van der Waals surface area contributed by atoms with E-state index < -0.39 is 11.9 Å². The Bertz CT molecular complexity index is 1010. The van der Waals surface area contributed by atoms with Crippen molar-refractivity contribution in [2.75, 3.05) is 5.32 Å². The number of ether oxygens (including phenoxy) is 1. The number of rotatable bonds is 5. The van der Waals surface area contributed by atoms with Gasteiger partial charge in [0.25, 0.3) is 5.91 Å². The van der Waals surface area contributed by atoms with E-state index in [-0.39, 0.29) is 27.6 Å². The summed E-state index contributed by atoms with van der Waals surface area (Å²) in [7, 11) is 0. The van der Waals surface area contributed by atoms with E-state index in [1.807, 2.05) is 0 Å². The Morgan fingerprint density at radius 2 is 1.81 bits per heavy atom. The number of carbonyl (C=O) groups excluding carboxylic acids is 1. The number of carbonyl (C=O) groups is 2. The number of aromatic nitrogens is 1. The van der Waals surface area contributed by atoms with Gasteiger partial charge in [0.15, 0.2) is 0 Å². The molecule has 2 N–H and O–H groups in total. The number of nitrogens with one attached hydrogen (secondary N) is 1. The molecule has 3 aromatic rings. The summed E-state index contributed by atoms with van der Waals surface area (Å²) in [6.45, 7) is 0. The first-order valence-corrected chi connectivity index (χ1v) is 8.42. The van der Waals surface area contributed by atoms with Gasteiger partial charge in [-0.15, -0.1) is 0 Å². The molecule has 27 heavy (non-hydrogen) atoms. The number of carboxylic acid groups (broad SMARTS) is 1. The molecule has 0 spiro atoms. The molecule has 1 aromatic heterocycles. The molecule has 0 saturated carbocycles. The van der Waals surface area contributed by atoms with Crippen LogP contribution < -0.4 is 10.1 Å². The van der Waals surface area contributed by atoms with E-state index in [1.165, 1.54) is 36.4 Å². The Morgan fingerprint density at radius 3 is 2.48 bits per heavy atom. The molecular weight excluding hydrogens is 391 g/mol. The van der Waals surface area contributed by atoms with Gasteiger partial charge < -0.3 is 15.2 Å². The number of halogens is 2. The molecule has 1 heterocycles. The third kappa shape index (κ3) is 4.55. The fraction of sp³-hybridized carbons (Fsp3) is 0. The maximum absolute atomic E-state index is 12.4. The highest BCUT2D eigenvalue weighted by molar-refractivity contribution is 6.37. The van der Waals surface area contributed by atoms with Crippen molar-refractivity contribution in [1.82, 2.24) is 4.98 Å². The lowest BCUT2D eigenvalue weighted by Gasteiger charge is -2.12. The molecule has 0 bridgehead atoms. The van der Waals surface area contributed by atoms with Crippen molar-refractivity contribution in [1.29, 1.82) is 0 Å². The zero-order chi connectivity index (χ0) is 19.4. The van der Waals surface area contributed by atoms with Crippen LogP contribution in [0.1, 0.15) is 20.7 Å². The molecule has 136 valence electrons. The second-order valence-corrected chi connectivity index (χ2v) is 6.20. The Labute approximate surface area is 164 Å². The smallest absolute Gasteiger partial charge is 0.337 e. The molecule has 0 aliphatic heterocycles. The lowest BCUT2D eigenvalue weighted by molar-refractivity contribution is 0.0697. The highest BCUT2D eigenvalue weighted by Crippen LogP contribution is 2.27. The minimum Gasteiger partial charge on any atom is -0.478 e. The highest BCUT2D eigenvalue weighted by Gasteiger charge is 2.17. The van der Waals surface area contributed by atoms with Crippen LogP contribution in [0.2, 0.25) is 10.0 Å². The van der Waals surface area contributed by atoms with Gasteiger partial charge in [0.1, 0.15) is 5.75 Å². The van der Waals surface area contributed by atoms with Gasteiger partial charge in [-0.05, 0) is 42.5 Å². The summed E-state index contributed by atoms with van der Waals surface area (Å²) in [5, 5.41) is 12.6. The lowest BCUT2D eigenvalue weighted by Crippen LogP contribution is -2.15. The van der Waals surface area contributed by atoms with Gasteiger partial charge in [0, 0.05) is 17.3 Å². The molecule has 0 aliphatic rings. The van der Waals surface area contributed by atoms with E-state index in [2.05, 4.69) is 10.3 Å². The summed E-state index contributed by atoms with van der Waals surface area (Å²) in [6.07, 6.45) is 1.55. The van der Waals surface area contributed by atoms with Crippen molar-refractivity contribution in [3.63, 3.8) is 0 Å². The number of amides is 1. The second kappa shape index (κ2) is 8.07. The molecule has 0 radical (unpaired) electrons. The van der Waals surface area contributed by atoms with Gasteiger partial charge in [-0.3, -0.25) is 4.79 Å². The standard InChI is InChI=1S/C19H12Cl2N2O4/c20-11-4-6-13(15(21)9-11)18(24)23-16-7-5-12(10-14(16)19(25)26)27-17-3-1-2-8-22-17/h1-10H,(H,23,24)(H,25,26). The topological polar surface area (TPSA) is 88.5 Å². The summed E-state index contributed by atoms with van der Waals surface area (Å²) < 4.78 is 5.52. The molecule has 0 atom stereocenters. The molecule has 3 rings (SSSR count). The van der Waals surface area contributed by atoms with Crippen LogP contribution in [0, 0.1) is 0 Å². The Hall–Kier alpha value is -3.09. The van der Waals surface area contributed by atoms with Gasteiger partial charge >= 0.3 is 5.97 Å². The third-order valence-corrected chi connectivity index (χ3v) is 4.05. The van der Waals surface area contributed by atoms with Crippen LogP contribution in [0.3, 0.4) is 0 Å². The van der Waals surface area contributed by atoms with Crippen LogP contribution in [0.25, 0.3) is 0 Å². The number of hydrogen-bond donors (Lipinski definition) is 2. The average Bonchev–Trinajstić information content (AvgIpc) is 2.63. The third-order valence-electron chi connectivity index (χ3n) is 3.51. The zero-order valence-electron chi connectivity index (χ0n) is 13.6. The lowest BCUT2D eigenvalue weighted by atomic mass is 10.1. The van der Waals surface area contributed by atoms with E-state index in [0.29, 0.717) is 10.9 Å². The van der Waals surface area contributed by atoms with E-state index in [4.69, 9.17) is 27.9 Å². The average molecular weight is 403 g/mol. The summed E-state index contributed by atoms with van der Waals surface area (Å²) in [5.74, 6) is -1.19. The zero-order valence-corrected chi connectivity index (χ0v) is 15.2. The summed E-state index contributed by atoms with van der Waals surface area (Å²) in [4.78, 5) is 28.0. The molecule has 0 saturated heterocycles. The van der Waals surface area contributed by atoms with E-state index in [1.54, 1.807) is 24.4 Å². The van der Waals surface area contributed by atoms with Gasteiger partial charge in [-0.25, -0.2) is 9.78 Å². The van der Waals surface area contributed by atoms with Crippen LogP contribution in [0.5, 0.6) is 11.6 Å². The first kappa shape index (κ1) is 18.7. The van der Waals surface area contributed by atoms with Crippen molar-refractivity contribution >= 4 is 40.8 Å². The first-order chi connectivity index (χ1) is 12.9. The van der Waals surface area contributed by atoms with Crippen LogP contribution in [0.4, 0.5) is 5.69 Å². The summed E-state index contributed by atoms with van der Waals surface area (Å²) in [6, 6.07) is 13.8. The molecule has 0 aliphatic carbocycles. The fourth-order valence-electron chi connectivity index (χ4n) is 2.26. The van der Waals surface area contributed by atoms with Crippen LogP contribution >= 0.6 is 23.2 Å². The van der Waals surface area contributed by atoms with Gasteiger partial charge in [0.2, 0.25) is 5.88 Å². The number of benzene rings is 2. The van der Waals surface area contributed by atoms with E-state index >= 15 is 0 Å². The van der Waals surface area contributed by atoms with Gasteiger partial charge in [0.05, 0.1) is 21.8 Å². The van der Waals surface area contributed by atoms with E-state index in [9.17, 15) is 14.7 Å². The number of nitrogens with zero attached hydrogens (tertiary/aromatic N) is 1. The predicted octanol–water partition coefficient (Wildman–Crippen LogP) is 5.13. The maximum atomic E-state index is 12.4. The highest BCUT2D eigenvalue weighted by atomic mass is 35.5. The Balaban J connectivity index is 1.86. The molecular formula is C19H12Cl2N2O4. The summed E-state index contributed by atoms with van der Waals surface area (Å²) in [5.41, 5.74) is 0.139. The number of carboxylic acids is 1. The number of hydrogen-bond acceptors (Lipinski definition) is 4. The van der Waals surface area contributed by atoms with Gasteiger partial charge in [-0.1, -0.05) is 29.3 Å². The second-order valence-electron chi connectivity index (χ2n) is 5.36. The summed E-state index contributed by atoms with van der Waals surface area (Å²) >= 11 is 11.8. The Morgan fingerprint density at radius 1 is 1.00 bits per heavy atom. The molecule has 6 nitrogen and oxygen atoms in total. The molecule has 2 aromatic carbocycles. The molecule has 8 heteroatoms. The monoisotopic (exact) mass is 402 g/mol. The predicted molar refractivity (Wildman–Crippen MR) is 102 cm³/mol. The van der Waals surface area contributed by atoms with Crippen molar-refractivity contribution in [3.8, 4) is 11.6 Å². The number of pyridine rings is 1. The number of anilines is 1. The minimum atomic E-state index is -1.22. The number of aromatic carboxylic acids is 1. The van der Waals surface area contributed by atoms with Crippen molar-refractivity contribution in [2.24, 2.45) is 0 Å². The van der Waals surface area contributed by atoms with Crippen molar-refractivity contribution in [3.05, 3.63) is 82.0 Å². The van der Waals surface area contributed by atoms with Crippen LogP contribution in [0.15, 0.2) is 60.8 Å². The van der Waals surface area contributed by atoms with Crippen molar-refractivity contribution < 1.29 is 19.4 Å².